The number of hydrogen-bond donors (Lipinski definition) is 1. The van der Waals surface area contributed by atoms with E-state index in [4.69, 9.17) is 9.05 Å². The Morgan fingerprint density at radius 1 is 1.21 bits per heavy atom. The molecule has 0 saturated carbocycles. The minimum Gasteiger partial charge on any atom is -0.345 e. The lowest BCUT2D eigenvalue weighted by Crippen LogP contribution is -2.61. The summed E-state index contributed by atoms with van der Waals surface area (Å²) in [7, 11) is -2.98. The zero-order valence-electron chi connectivity index (χ0n) is 9.66. The summed E-state index contributed by atoms with van der Waals surface area (Å²) >= 11 is 0. The Kier molecular flexibility index (Phi) is 6.62. The molecule has 1 atom stereocenters. The second-order valence-corrected chi connectivity index (χ2v) is 5.99. The van der Waals surface area contributed by atoms with Crippen molar-refractivity contribution in [3.8, 4) is 0 Å². The third kappa shape index (κ3) is 4.56. The van der Waals surface area contributed by atoms with Gasteiger partial charge in [0.2, 0.25) is 0 Å². The van der Waals surface area contributed by atoms with E-state index < -0.39 is 7.60 Å². The summed E-state index contributed by atoms with van der Waals surface area (Å²) in [6, 6.07) is 0. The maximum absolute atomic E-state index is 12.1. The Morgan fingerprint density at radius 2 is 1.64 bits per heavy atom. The maximum atomic E-state index is 12.1. The second kappa shape index (κ2) is 6.57. The monoisotopic (exact) mass is 224 g/mol. The van der Waals surface area contributed by atoms with Gasteiger partial charge < -0.3 is 14.8 Å². The standard InChI is InChI=1S/C9H22NO3P/c1-5-12-14(11,13-6-2)9(10)7-8(3)4/h8-9H,5-7,10H2,1-4H3/p+1/t9-/m0/s1. The number of hydrogen-bond acceptors (Lipinski definition) is 3. The summed E-state index contributed by atoms with van der Waals surface area (Å²) < 4.78 is 22.5. The van der Waals surface area contributed by atoms with Crippen molar-refractivity contribution < 1.29 is 19.3 Å². The van der Waals surface area contributed by atoms with Gasteiger partial charge in [0, 0.05) is 6.42 Å². The highest BCUT2D eigenvalue weighted by Crippen LogP contribution is 2.51. The van der Waals surface area contributed by atoms with Crippen molar-refractivity contribution in [1.29, 1.82) is 0 Å². The summed E-state index contributed by atoms with van der Waals surface area (Å²) in [5, 5.41) is 0. The lowest BCUT2D eigenvalue weighted by molar-refractivity contribution is -0.397. The van der Waals surface area contributed by atoms with E-state index in [1.807, 2.05) is 13.8 Å². The molecule has 0 saturated heterocycles. The maximum Gasteiger partial charge on any atom is 0.387 e. The van der Waals surface area contributed by atoms with Gasteiger partial charge in [-0.3, -0.25) is 4.57 Å². The first-order valence-electron chi connectivity index (χ1n) is 5.18. The third-order valence-electron chi connectivity index (χ3n) is 1.81. The van der Waals surface area contributed by atoms with Crippen molar-refractivity contribution in [3.63, 3.8) is 0 Å². The normalized spacial score (nSPS) is 14.7. The minimum atomic E-state index is -2.98. The van der Waals surface area contributed by atoms with Gasteiger partial charge in [-0.15, -0.1) is 0 Å². The van der Waals surface area contributed by atoms with E-state index >= 15 is 0 Å². The summed E-state index contributed by atoms with van der Waals surface area (Å²) in [5.74, 6) is 0.189. The van der Waals surface area contributed by atoms with Crippen LogP contribution in [0, 0.1) is 5.92 Å². The molecular formula is C9H23NO3P+. The van der Waals surface area contributed by atoms with E-state index in [1.54, 1.807) is 0 Å². The predicted molar refractivity (Wildman–Crippen MR) is 57.0 cm³/mol. The summed E-state index contributed by atoms with van der Waals surface area (Å²) in [6.45, 7) is 8.57. The first-order valence-corrected chi connectivity index (χ1v) is 6.79. The van der Waals surface area contributed by atoms with Gasteiger partial charge in [-0.2, -0.15) is 0 Å². The van der Waals surface area contributed by atoms with Gasteiger partial charge in [-0.25, -0.2) is 0 Å². The van der Waals surface area contributed by atoms with Gasteiger partial charge in [-0.05, 0) is 19.8 Å². The summed E-state index contributed by atoms with van der Waals surface area (Å²) in [6.07, 6.45) is 0.761. The lowest BCUT2D eigenvalue weighted by Gasteiger charge is -2.21. The molecule has 0 heterocycles. The first kappa shape index (κ1) is 14.1. The summed E-state index contributed by atoms with van der Waals surface area (Å²) in [4.78, 5) is 0. The molecule has 0 aliphatic carbocycles. The van der Waals surface area contributed by atoms with E-state index in [0.717, 1.165) is 6.42 Å². The number of quaternary nitrogens is 1. The molecule has 0 amide bonds. The molecule has 0 bridgehead atoms. The van der Waals surface area contributed by atoms with E-state index in [9.17, 15) is 4.57 Å². The Hall–Kier alpha value is 0.110. The molecule has 4 nitrogen and oxygen atoms in total. The Morgan fingerprint density at radius 3 is 1.93 bits per heavy atom. The molecule has 0 fully saturated rings. The fraction of sp³-hybridized carbons (Fsp3) is 1.00. The molecular weight excluding hydrogens is 201 g/mol. The van der Waals surface area contributed by atoms with E-state index in [1.165, 1.54) is 0 Å². The molecule has 0 unspecified atom stereocenters. The van der Waals surface area contributed by atoms with Crippen molar-refractivity contribution in [1.82, 2.24) is 0 Å². The van der Waals surface area contributed by atoms with Gasteiger partial charge in [0.15, 0.2) is 5.78 Å². The lowest BCUT2D eigenvalue weighted by atomic mass is 10.1. The first-order chi connectivity index (χ1) is 6.46. The molecule has 0 aromatic rings. The van der Waals surface area contributed by atoms with Crippen LogP contribution in [0.15, 0.2) is 0 Å². The molecule has 5 heteroatoms. The van der Waals surface area contributed by atoms with Crippen LogP contribution in [0.1, 0.15) is 34.1 Å². The topological polar surface area (TPSA) is 63.2 Å². The van der Waals surface area contributed by atoms with E-state index in [0.29, 0.717) is 19.1 Å². The van der Waals surface area contributed by atoms with Crippen LogP contribution in [-0.2, 0) is 13.6 Å². The van der Waals surface area contributed by atoms with Crippen molar-refractivity contribution in [3.05, 3.63) is 0 Å². The molecule has 86 valence electrons. The number of rotatable bonds is 7. The highest BCUT2D eigenvalue weighted by molar-refractivity contribution is 7.54. The zero-order chi connectivity index (χ0) is 11.2. The van der Waals surface area contributed by atoms with Gasteiger partial charge in [0.1, 0.15) is 0 Å². The zero-order valence-corrected chi connectivity index (χ0v) is 10.5. The predicted octanol–water partition coefficient (Wildman–Crippen LogP) is 1.87. The molecule has 0 aromatic heterocycles. The Bertz CT molecular complexity index is 186. The molecule has 0 radical (unpaired) electrons. The average molecular weight is 224 g/mol. The van der Waals surface area contributed by atoms with Crippen molar-refractivity contribution in [2.24, 2.45) is 5.92 Å². The Balaban J connectivity index is 4.38. The molecule has 0 aliphatic heterocycles. The van der Waals surface area contributed by atoms with Crippen LogP contribution in [0.2, 0.25) is 0 Å². The summed E-state index contributed by atoms with van der Waals surface area (Å²) in [5.41, 5.74) is 3.87. The van der Waals surface area contributed by atoms with Gasteiger partial charge in [0.25, 0.3) is 0 Å². The molecule has 0 aromatic carbocycles. The van der Waals surface area contributed by atoms with Crippen LogP contribution in [-0.4, -0.2) is 19.0 Å². The fourth-order valence-corrected chi connectivity index (χ4v) is 3.18. The quantitative estimate of drug-likeness (QED) is 0.671. The largest absolute Gasteiger partial charge is 0.387 e. The van der Waals surface area contributed by atoms with Gasteiger partial charge in [-0.1, -0.05) is 13.8 Å². The highest BCUT2D eigenvalue weighted by Gasteiger charge is 2.36. The highest BCUT2D eigenvalue weighted by atomic mass is 31.2. The molecule has 0 aliphatic rings. The smallest absolute Gasteiger partial charge is 0.345 e. The Labute approximate surface area is 86.7 Å². The van der Waals surface area contributed by atoms with Gasteiger partial charge in [0.05, 0.1) is 13.2 Å². The van der Waals surface area contributed by atoms with Gasteiger partial charge >= 0.3 is 7.60 Å². The van der Waals surface area contributed by atoms with E-state index in [-0.39, 0.29) is 5.78 Å². The van der Waals surface area contributed by atoms with Crippen LogP contribution in [0.5, 0.6) is 0 Å². The van der Waals surface area contributed by atoms with Crippen LogP contribution in [0.4, 0.5) is 0 Å². The van der Waals surface area contributed by atoms with Crippen LogP contribution >= 0.6 is 7.60 Å². The van der Waals surface area contributed by atoms with Crippen molar-refractivity contribution >= 4 is 7.60 Å². The second-order valence-electron chi connectivity index (χ2n) is 3.66. The van der Waals surface area contributed by atoms with Crippen molar-refractivity contribution in [2.45, 2.75) is 39.9 Å². The molecule has 3 N–H and O–H groups in total. The van der Waals surface area contributed by atoms with E-state index in [2.05, 4.69) is 19.6 Å². The van der Waals surface area contributed by atoms with Crippen LogP contribution in [0.3, 0.4) is 0 Å². The minimum absolute atomic E-state index is 0.262. The van der Waals surface area contributed by atoms with Crippen LogP contribution in [0.25, 0.3) is 0 Å². The molecule has 0 spiro atoms. The van der Waals surface area contributed by atoms with Crippen LogP contribution < -0.4 is 5.73 Å². The van der Waals surface area contributed by atoms with Crippen molar-refractivity contribution in [2.75, 3.05) is 13.2 Å². The molecule has 0 rings (SSSR count). The SMILES string of the molecule is CCOP(=O)(OCC)[C@H]([NH3+])CC(C)C. The fourth-order valence-electron chi connectivity index (χ4n) is 1.28. The third-order valence-corrected chi connectivity index (χ3v) is 4.15. The molecule has 14 heavy (non-hydrogen) atoms. The average Bonchev–Trinajstić information content (AvgIpc) is 2.03.